The van der Waals surface area contributed by atoms with E-state index in [2.05, 4.69) is 35.8 Å². The first-order valence-electron chi connectivity index (χ1n) is 7.87. The number of hydrogen-bond donors (Lipinski definition) is 4. The second-order valence-corrected chi connectivity index (χ2v) is 6.95. The second kappa shape index (κ2) is 7.09. The van der Waals surface area contributed by atoms with Gasteiger partial charge in [-0.3, -0.25) is 9.65 Å². The van der Waals surface area contributed by atoms with Gasteiger partial charge in [0.15, 0.2) is 11.6 Å². The molecule has 142 valence electrons. The van der Waals surface area contributed by atoms with Crippen molar-refractivity contribution in [2.24, 2.45) is 0 Å². The third-order valence-corrected chi connectivity index (χ3v) is 4.41. The van der Waals surface area contributed by atoms with E-state index in [-0.39, 0.29) is 16.8 Å². The minimum atomic E-state index is -4.31. The quantitative estimate of drug-likeness (QED) is 0.355. The van der Waals surface area contributed by atoms with E-state index < -0.39 is 10.1 Å². The number of nitrogens with zero attached hydrogens (tertiary/aromatic N) is 4. The summed E-state index contributed by atoms with van der Waals surface area (Å²) >= 11 is 0. The van der Waals surface area contributed by atoms with Crippen LogP contribution in [-0.4, -0.2) is 38.1 Å². The highest BCUT2D eigenvalue weighted by Gasteiger charge is 2.11. The highest BCUT2D eigenvalue weighted by Crippen LogP contribution is 2.22. The average Bonchev–Trinajstić information content (AvgIpc) is 3.33. The fourth-order valence-electron chi connectivity index (χ4n) is 2.34. The monoisotopic (exact) mass is 399 g/mol. The molecule has 12 heteroatoms. The van der Waals surface area contributed by atoms with Crippen LogP contribution in [-0.2, 0) is 10.1 Å². The zero-order valence-electron chi connectivity index (χ0n) is 14.1. The summed E-state index contributed by atoms with van der Waals surface area (Å²) in [5.74, 6) is 1.50. The predicted molar refractivity (Wildman–Crippen MR) is 98.9 cm³/mol. The summed E-state index contributed by atoms with van der Waals surface area (Å²) in [7, 11) is -4.31. The molecule has 4 N–H and O–H groups in total. The molecule has 0 saturated carbocycles. The molecule has 0 aliphatic rings. The Balaban J connectivity index is 1.51. The normalized spacial score (nSPS) is 11.3. The summed E-state index contributed by atoms with van der Waals surface area (Å²) < 4.78 is 36.9. The summed E-state index contributed by atoms with van der Waals surface area (Å²) in [6.07, 6.45) is 2.84. The van der Waals surface area contributed by atoms with E-state index in [9.17, 15) is 8.42 Å². The molecule has 0 radical (unpaired) electrons. The van der Waals surface area contributed by atoms with Crippen LogP contribution in [0.15, 0.2) is 64.4 Å². The number of furan rings is 1. The van der Waals surface area contributed by atoms with Crippen LogP contribution in [0, 0.1) is 0 Å². The molecule has 0 saturated heterocycles. The fraction of sp³-hybridized carbons (Fsp3) is 0. The lowest BCUT2D eigenvalue weighted by Gasteiger charge is -2.07. The van der Waals surface area contributed by atoms with Gasteiger partial charge in [0.1, 0.15) is 12.0 Å². The van der Waals surface area contributed by atoms with Crippen LogP contribution in [0.25, 0.3) is 11.5 Å². The number of nitrogens with one attached hydrogen (secondary N) is 3. The molecular formula is C16H13N7O4S. The zero-order valence-corrected chi connectivity index (χ0v) is 14.9. The Morgan fingerprint density at radius 2 is 1.86 bits per heavy atom. The van der Waals surface area contributed by atoms with Crippen molar-refractivity contribution in [2.45, 2.75) is 4.90 Å². The smallest absolute Gasteiger partial charge is 0.294 e. The Hall–Kier alpha value is -3.77. The fourth-order valence-corrected chi connectivity index (χ4v) is 2.86. The maximum atomic E-state index is 11.2. The maximum Gasteiger partial charge on any atom is 0.294 e. The lowest BCUT2D eigenvalue weighted by atomic mass is 10.3. The Morgan fingerprint density at radius 1 is 1.04 bits per heavy atom. The van der Waals surface area contributed by atoms with Crippen LogP contribution in [0.5, 0.6) is 0 Å². The van der Waals surface area contributed by atoms with Gasteiger partial charge in [-0.1, -0.05) is 6.07 Å². The van der Waals surface area contributed by atoms with Crippen LogP contribution in [0.4, 0.5) is 23.4 Å². The predicted octanol–water partition coefficient (Wildman–Crippen LogP) is 2.59. The highest BCUT2D eigenvalue weighted by atomic mass is 32.2. The van der Waals surface area contributed by atoms with Crippen molar-refractivity contribution >= 4 is 33.5 Å². The minimum absolute atomic E-state index is 0.173. The highest BCUT2D eigenvalue weighted by molar-refractivity contribution is 7.85. The molecule has 4 aromatic rings. The molecule has 11 nitrogen and oxygen atoms in total. The van der Waals surface area contributed by atoms with Crippen molar-refractivity contribution in [1.82, 2.24) is 25.1 Å². The molecule has 0 amide bonds. The van der Waals surface area contributed by atoms with Gasteiger partial charge in [-0.25, -0.2) is 9.97 Å². The van der Waals surface area contributed by atoms with Crippen molar-refractivity contribution < 1.29 is 17.4 Å². The Labute approximate surface area is 158 Å². The number of aromatic nitrogens is 5. The van der Waals surface area contributed by atoms with Gasteiger partial charge in [-0.2, -0.15) is 18.5 Å². The largest absolute Gasteiger partial charge is 0.463 e. The molecular weight excluding hydrogens is 386 g/mol. The van der Waals surface area contributed by atoms with Crippen molar-refractivity contribution in [3.8, 4) is 11.5 Å². The van der Waals surface area contributed by atoms with E-state index in [0.717, 1.165) is 0 Å². The van der Waals surface area contributed by atoms with Gasteiger partial charge < -0.3 is 15.1 Å². The third kappa shape index (κ3) is 3.97. The first kappa shape index (κ1) is 17.6. The molecule has 0 bridgehead atoms. The van der Waals surface area contributed by atoms with Crippen LogP contribution >= 0.6 is 0 Å². The van der Waals surface area contributed by atoms with Crippen molar-refractivity contribution in [1.29, 1.82) is 0 Å². The first-order chi connectivity index (χ1) is 13.5. The molecule has 3 aromatic heterocycles. The molecule has 0 aliphatic carbocycles. The van der Waals surface area contributed by atoms with Gasteiger partial charge in [0.05, 0.1) is 11.2 Å². The van der Waals surface area contributed by atoms with E-state index >= 15 is 0 Å². The summed E-state index contributed by atoms with van der Waals surface area (Å²) in [6.45, 7) is 0. The molecule has 4 rings (SSSR count). The van der Waals surface area contributed by atoms with Gasteiger partial charge in [0.2, 0.25) is 11.9 Å². The molecule has 0 unspecified atom stereocenters. The number of H-pyrrole nitrogens is 1. The Kier molecular flexibility index (Phi) is 4.47. The second-order valence-electron chi connectivity index (χ2n) is 5.53. The lowest BCUT2D eigenvalue weighted by Crippen LogP contribution is -2.04. The summed E-state index contributed by atoms with van der Waals surface area (Å²) in [6, 6.07) is 10.9. The average molecular weight is 399 g/mol. The van der Waals surface area contributed by atoms with Crippen LogP contribution in [0.1, 0.15) is 0 Å². The molecule has 28 heavy (non-hydrogen) atoms. The van der Waals surface area contributed by atoms with Crippen molar-refractivity contribution in [2.75, 3.05) is 10.6 Å². The third-order valence-electron chi connectivity index (χ3n) is 3.56. The summed E-state index contributed by atoms with van der Waals surface area (Å²) in [5.41, 5.74) is 1.06. The molecule has 0 fully saturated rings. The van der Waals surface area contributed by atoms with E-state index in [0.29, 0.717) is 23.0 Å². The maximum absolute atomic E-state index is 11.2. The number of benzene rings is 1. The number of aromatic amines is 1. The van der Waals surface area contributed by atoms with E-state index in [1.165, 1.54) is 24.5 Å². The van der Waals surface area contributed by atoms with E-state index in [1.807, 2.05) is 0 Å². The standard InChI is InChI=1S/C16H13N7O4S/c24-28(25,26)11-4-1-3-10(7-11)19-15-17-9-18-16(21-15)20-14-8-12(22-23-14)13-5-2-6-27-13/h1-9H,(H,24,25,26)(H3,17,18,19,20,21,22,23). The van der Waals surface area contributed by atoms with Gasteiger partial charge in [-0.15, -0.1) is 0 Å². The first-order valence-corrected chi connectivity index (χ1v) is 9.31. The Morgan fingerprint density at radius 3 is 2.61 bits per heavy atom. The van der Waals surface area contributed by atoms with Gasteiger partial charge in [-0.05, 0) is 30.3 Å². The van der Waals surface area contributed by atoms with Crippen molar-refractivity contribution in [3.05, 3.63) is 55.1 Å². The van der Waals surface area contributed by atoms with E-state index in [4.69, 9.17) is 8.97 Å². The Bertz CT molecular complexity index is 1210. The minimum Gasteiger partial charge on any atom is -0.463 e. The topological polar surface area (TPSA) is 159 Å². The van der Waals surface area contributed by atoms with Crippen LogP contribution in [0.3, 0.4) is 0 Å². The van der Waals surface area contributed by atoms with E-state index in [1.54, 1.807) is 30.5 Å². The van der Waals surface area contributed by atoms with Gasteiger partial charge in [0.25, 0.3) is 10.1 Å². The van der Waals surface area contributed by atoms with Gasteiger partial charge in [0, 0.05) is 11.8 Å². The molecule has 1 aromatic carbocycles. The number of anilines is 4. The van der Waals surface area contributed by atoms with Crippen molar-refractivity contribution in [3.63, 3.8) is 0 Å². The summed E-state index contributed by atoms with van der Waals surface area (Å²) in [4.78, 5) is 12.0. The molecule has 0 spiro atoms. The van der Waals surface area contributed by atoms with Gasteiger partial charge >= 0.3 is 0 Å². The molecule has 0 atom stereocenters. The van der Waals surface area contributed by atoms with Crippen LogP contribution < -0.4 is 10.6 Å². The zero-order chi connectivity index (χ0) is 19.6. The number of hydrogen-bond acceptors (Lipinski definition) is 9. The SMILES string of the molecule is O=S(=O)(O)c1cccc(Nc2ncnc(Nc3cc(-c4ccco4)[nH]n3)n2)c1. The molecule has 3 heterocycles. The van der Waals surface area contributed by atoms with Crippen LogP contribution in [0.2, 0.25) is 0 Å². The molecule has 0 aliphatic heterocycles. The lowest BCUT2D eigenvalue weighted by molar-refractivity contribution is 0.483. The summed E-state index contributed by atoms with van der Waals surface area (Å²) in [5, 5.41) is 12.7. The number of rotatable bonds is 6.